The van der Waals surface area contributed by atoms with Crippen molar-refractivity contribution in [2.24, 2.45) is 0 Å². The first-order valence-electron chi connectivity index (χ1n) is 9.35. The van der Waals surface area contributed by atoms with Gasteiger partial charge in [-0.05, 0) is 26.0 Å². The molecule has 0 bridgehead atoms. The van der Waals surface area contributed by atoms with E-state index in [2.05, 4.69) is 5.32 Å². The maximum absolute atomic E-state index is 12.7. The summed E-state index contributed by atoms with van der Waals surface area (Å²) in [6.45, 7) is 3.77. The van der Waals surface area contributed by atoms with Gasteiger partial charge in [0.1, 0.15) is 5.58 Å². The summed E-state index contributed by atoms with van der Waals surface area (Å²) in [5.41, 5.74) is 0.804. The third-order valence-electron chi connectivity index (χ3n) is 4.41. The van der Waals surface area contributed by atoms with E-state index in [1.165, 1.54) is 19.1 Å². The summed E-state index contributed by atoms with van der Waals surface area (Å²) in [7, 11) is 0. The average Bonchev–Trinajstić information content (AvgIpc) is 3.12. The maximum atomic E-state index is 12.7. The number of nitrogens with zero attached hydrogens (tertiary/aromatic N) is 1. The first kappa shape index (κ1) is 22.3. The number of ether oxygens (including phenoxy) is 2. The highest BCUT2D eigenvalue weighted by Gasteiger charge is 2.26. The summed E-state index contributed by atoms with van der Waals surface area (Å²) in [5, 5.41) is 14.2. The summed E-state index contributed by atoms with van der Waals surface area (Å²) in [6, 6.07) is 10.7. The van der Waals surface area contributed by atoms with Gasteiger partial charge < -0.3 is 19.2 Å². The summed E-state index contributed by atoms with van der Waals surface area (Å²) in [5.74, 6) is -1.60. The van der Waals surface area contributed by atoms with Gasteiger partial charge in [-0.25, -0.2) is 4.79 Å². The lowest BCUT2D eigenvalue weighted by Crippen LogP contribution is -2.30. The Hall–Kier alpha value is -3.43. The van der Waals surface area contributed by atoms with E-state index < -0.39 is 22.9 Å². The molecular formula is C21H19ClN2O7. The summed E-state index contributed by atoms with van der Waals surface area (Å²) < 4.78 is 16.3. The number of non-ortho nitro benzene ring substituents is 1. The van der Waals surface area contributed by atoms with E-state index in [0.717, 1.165) is 6.07 Å². The fraction of sp³-hybridized carbons (Fsp3) is 0.238. The highest BCUT2D eigenvalue weighted by atomic mass is 35.5. The van der Waals surface area contributed by atoms with Gasteiger partial charge in [0.2, 0.25) is 5.76 Å². The molecule has 0 saturated carbocycles. The summed E-state index contributed by atoms with van der Waals surface area (Å²) in [4.78, 5) is 35.5. The highest BCUT2D eigenvalue weighted by molar-refractivity contribution is 6.33. The van der Waals surface area contributed by atoms with Crippen molar-refractivity contribution < 1.29 is 28.4 Å². The van der Waals surface area contributed by atoms with E-state index in [1.54, 1.807) is 24.3 Å². The van der Waals surface area contributed by atoms with Crippen LogP contribution in [-0.2, 0) is 20.9 Å². The van der Waals surface area contributed by atoms with Crippen LogP contribution in [0.2, 0.25) is 5.02 Å². The number of halogens is 1. The van der Waals surface area contributed by atoms with Gasteiger partial charge in [0.05, 0.1) is 22.2 Å². The van der Waals surface area contributed by atoms with Gasteiger partial charge in [-0.3, -0.25) is 14.9 Å². The summed E-state index contributed by atoms with van der Waals surface area (Å²) in [6.07, 6.45) is -1.23. The van der Waals surface area contributed by atoms with Crippen molar-refractivity contribution in [2.75, 3.05) is 11.9 Å². The zero-order chi connectivity index (χ0) is 22.5. The van der Waals surface area contributed by atoms with Crippen molar-refractivity contribution in [1.82, 2.24) is 0 Å². The second-order valence-corrected chi connectivity index (χ2v) is 6.91. The molecule has 0 aliphatic carbocycles. The SMILES string of the molecule is CCOCc1c(C(=O)O[C@@H](C)C(=O)Nc2cc([N+](=O)[O-])ccc2Cl)oc2ccccc12. The van der Waals surface area contributed by atoms with Crippen LogP contribution in [0.25, 0.3) is 11.0 Å². The molecule has 0 aliphatic heterocycles. The van der Waals surface area contributed by atoms with Crippen LogP contribution in [0.5, 0.6) is 0 Å². The number of esters is 1. The first-order valence-corrected chi connectivity index (χ1v) is 9.73. The number of nitro benzene ring substituents is 1. The van der Waals surface area contributed by atoms with Crippen molar-refractivity contribution in [3.8, 4) is 0 Å². The monoisotopic (exact) mass is 446 g/mol. The molecule has 0 fully saturated rings. The van der Waals surface area contributed by atoms with Gasteiger partial charge in [-0.1, -0.05) is 29.8 Å². The molecule has 2 aromatic carbocycles. The lowest BCUT2D eigenvalue weighted by atomic mass is 10.1. The van der Waals surface area contributed by atoms with Crippen LogP contribution in [0.15, 0.2) is 46.9 Å². The number of hydrogen-bond acceptors (Lipinski definition) is 7. The zero-order valence-corrected chi connectivity index (χ0v) is 17.5. The van der Waals surface area contributed by atoms with Crippen LogP contribution >= 0.6 is 11.6 Å². The molecule has 162 valence electrons. The Kier molecular flexibility index (Phi) is 6.88. The molecule has 0 spiro atoms. The molecule has 31 heavy (non-hydrogen) atoms. The van der Waals surface area contributed by atoms with Crippen molar-refractivity contribution in [3.63, 3.8) is 0 Å². The topological polar surface area (TPSA) is 121 Å². The number of nitro groups is 1. The maximum Gasteiger partial charge on any atom is 0.375 e. The molecule has 0 aliphatic rings. The molecule has 0 radical (unpaired) electrons. The molecule has 1 amide bonds. The zero-order valence-electron chi connectivity index (χ0n) is 16.7. The van der Waals surface area contributed by atoms with Crippen LogP contribution in [0.3, 0.4) is 0 Å². The van der Waals surface area contributed by atoms with E-state index >= 15 is 0 Å². The smallest absolute Gasteiger partial charge is 0.375 e. The van der Waals surface area contributed by atoms with E-state index in [-0.39, 0.29) is 28.8 Å². The number of rotatable bonds is 8. The second-order valence-electron chi connectivity index (χ2n) is 6.50. The van der Waals surface area contributed by atoms with Crippen molar-refractivity contribution in [3.05, 3.63) is 68.9 Å². The molecule has 1 aromatic heterocycles. The minimum Gasteiger partial charge on any atom is -0.449 e. The molecule has 10 heteroatoms. The van der Waals surface area contributed by atoms with E-state index in [9.17, 15) is 19.7 Å². The van der Waals surface area contributed by atoms with Gasteiger partial charge in [0.15, 0.2) is 6.10 Å². The Balaban J connectivity index is 1.77. The first-order chi connectivity index (χ1) is 14.8. The predicted octanol–water partition coefficient (Wildman–Crippen LogP) is 4.71. The van der Waals surface area contributed by atoms with Crippen LogP contribution in [0.4, 0.5) is 11.4 Å². The van der Waals surface area contributed by atoms with Gasteiger partial charge in [0, 0.05) is 29.7 Å². The predicted molar refractivity (Wildman–Crippen MR) is 113 cm³/mol. The van der Waals surface area contributed by atoms with E-state index in [4.69, 9.17) is 25.5 Å². The average molecular weight is 447 g/mol. The number of fused-ring (bicyclic) bond motifs is 1. The van der Waals surface area contributed by atoms with Crippen molar-refractivity contribution >= 4 is 45.8 Å². The minimum atomic E-state index is -1.23. The van der Waals surface area contributed by atoms with Crippen LogP contribution in [-0.4, -0.2) is 29.5 Å². The number of anilines is 1. The lowest BCUT2D eigenvalue weighted by molar-refractivity contribution is -0.384. The van der Waals surface area contributed by atoms with Gasteiger partial charge in [-0.2, -0.15) is 0 Å². The molecule has 1 heterocycles. The second kappa shape index (κ2) is 9.59. The molecule has 3 aromatic rings. The van der Waals surface area contributed by atoms with Crippen molar-refractivity contribution in [1.29, 1.82) is 0 Å². The quantitative estimate of drug-likeness (QED) is 0.302. The normalized spacial score (nSPS) is 11.8. The van der Waals surface area contributed by atoms with Crippen LogP contribution in [0.1, 0.15) is 30.0 Å². The Morgan fingerprint density at radius 2 is 2.00 bits per heavy atom. The lowest BCUT2D eigenvalue weighted by Gasteiger charge is -2.14. The van der Waals surface area contributed by atoms with E-state index in [0.29, 0.717) is 23.1 Å². The number of carbonyl (C=O) groups is 2. The molecule has 9 nitrogen and oxygen atoms in total. The van der Waals surface area contributed by atoms with Crippen molar-refractivity contribution in [2.45, 2.75) is 26.6 Å². The third-order valence-corrected chi connectivity index (χ3v) is 4.74. The largest absolute Gasteiger partial charge is 0.449 e. The number of amides is 1. The highest BCUT2D eigenvalue weighted by Crippen LogP contribution is 2.29. The number of para-hydroxylation sites is 1. The molecule has 1 N–H and O–H groups in total. The Labute approximate surface area is 182 Å². The van der Waals surface area contributed by atoms with Gasteiger partial charge >= 0.3 is 5.97 Å². The Bertz CT molecular complexity index is 1140. The van der Waals surface area contributed by atoms with Crippen LogP contribution < -0.4 is 5.32 Å². The molecule has 1 atom stereocenters. The number of furan rings is 1. The molecule has 0 unspecified atom stereocenters. The standard InChI is InChI=1S/C21H19ClN2O7/c1-3-29-11-15-14-6-4-5-7-18(14)31-19(15)21(26)30-12(2)20(25)23-17-10-13(24(27)28)8-9-16(17)22/h4-10,12H,3,11H2,1-2H3,(H,23,25)/t12-/m0/s1. The van der Waals surface area contributed by atoms with Gasteiger partial charge in [-0.15, -0.1) is 0 Å². The number of hydrogen-bond donors (Lipinski definition) is 1. The summed E-state index contributed by atoms with van der Waals surface area (Å²) >= 11 is 5.99. The Morgan fingerprint density at radius 1 is 1.26 bits per heavy atom. The number of nitrogens with one attached hydrogen (secondary N) is 1. The number of carbonyl (C=O) groups excluding carboxylic acids is 2. The number of benzene rings is 2. The van der Waals surface area contributed by atoms with Crippen LogP contribution in [0, 0.1) is 10.1 Å². The van der Waals surface area contributed by atoms with E-state index in [1.807, 2.05) is 6.92 Å². The minimum absolute atomic E-state index is 0.0320. The third kappa shape index (κ3) is 5.01. The molecule has 3 rings (SSSR count). The molecule has 0 saturated heterocycles. The Morgan fingerprint density at radius 3 is 2.71 bits per heavy atom. The fourth-order valence-corrected chi connectivity index (χ4v) is 3.00. The van der Waals surface area contributed by atoms with Gasteiger partial charge in [0.25, 0.3) is 11.6 Å². The molecular weight excluding hydrogens is 428 g/mol. The fourth-order valence-electron chi connectivity index (χ4n) is 2.84.